The number of benzene rings is 1. The molecule has 1 aromatic rings. The Hall–Kier alpha value is -3.03. The number of nitrogens with zero attached hydrogens (tertiary/aromatic N) is 5. The monoisotopic (exact) mass is 410 g/mol. The maximum Gasteiger partial charge on any atom is 0.397 e. The van der Waals surface area contributed by atoms with Gasteiger partial charge in [-0.15, -0.1) is 0 Å². The lowest BCUT2D eigenvalue weighted by molar-refractivity contribution is -0.525. The van der Waals surface area contributed by atoms with E-state index in [9.17, 15) is 14.4 Å². The van der Waals surface area contributed by atoms with Crippen molar-refractivity contribution in [2.45, 2.75) is 40.7 Å². The number of rotatable bonds is 3. The van der Waals surface area contributed by atoms with E-state index in [0.29, 0.717) is 24.9 Å². The summed E-state index contributed by atoms with van der Waals surface area (Å²) in [5.41, 5.74) is 2.73. The first-order chi connectivity index (χ1) is 14.0. The molecule has 3 amide bonds. The maximum absolute atomic E-state index is 13.3. The number of aryl methyl sites for hydroxylation is 2. The largest absolute Gasteiger partial charge is 0.397 e. The number of ketones is 1. The number of Topliss-reactive ketones (excluding diaryl/α,β-unsaturated/α-hetero) is 1. The highest BCUT2D eigenvalue weighted by atomic mass is 16.2. The number of imide groups is 1. The second-order valence-corrected chi connectivity index (χ2v) is 9.25. The number of urea groups is 1. The van der Waals surface area contributed by atoms with Crippen LogP contribution in [-0.4, -0.2) is 76.6 Å². The van der Waals surface area contributed by atoms with Gasteiger partial charge in [0.1, 0.15) is 12.2 Å². The van der Waals surface area contributed by atoms with Crippen molar-refractivity contribution in [2.24, 2.45) is 10.4 Å². The third kappa shape index (κ3) is 3.02. The maximum atomic E-state index is 13.3. The molecule has 8 nitrogen and oxygen atoms in total. The van der Waals surface area contributed by atoms with Crippen molar-refractivity contribution in [2.75, 3.05) is 31.6 Å². The topological polar surface area (TPSA) is 76.3 Å². The zero-order chi connectivity index (χ0) is 22.0. The van der Waals surface area contributed by atoms with Gasteiger partial charge in [-0.2, -0.15) is 0 Å². The van der Waals surface area contributed by atoms with E-state index in [1.54, 1.807) is 27.8 Å². The fourth-order valence-corrected chi connectivity index (χ4v) is 4.12. The number of carbonyl (C=O) groups excluding carboxylic acids is 3. The predicted octanol–water partition coefficient (Wildman–Crippen LogP) is 1.78. The van der Waals surface area contributed by atoms with Gasteiger partial charge in [0, 0.05) is 12.5 Å². The first-order valence-electron chi connectivity index (χ1n) is 10.2. The number of anilines is 1. The Morgan fingerprint density at radius 3 is 2.57 bits per heavy atom. The molecule has 0 aliphatic carbocycles. The second-order valence-electron chi connectivity index (χ2n) is 9.25. The molecule has 1 saturated heterocycles. The molecular weight excluding hydrogens is 382 g/mol. The van der Waals surface area contributed by atoms with Crippen LogP contribution in [0.15, 0.2) is 23.2 Å². The van der Waals surface area contributed by atoms with Gasteiger partial charge in [-0.05, 0) is 25.5 Å². The normalized spacial score (nSPS) is 21.3. The molecule has 30 heavy (non-hydrogen) atoms. The van der Waals surface area contributed by atoms with E-state index in [1.807, 2.05) is 4.58 Å². The molecule has 158 valence electrons. The SMILES string of the molecule is Cc1ccc(N2CC[N+]3=C2N=C2C3C(=O)N(CC(=O)C(C)(C)C)C(=O)N2C)c(C)c1. The molecule has 1 aromatic carbocycles. The highest BCUT2D eigenvalue weighted by molar-refractivity contribution is 6.24. The van der Waals surface area contributed by atoms with E-state index in [1.165, 1.54) is 10.5 Å². The average Bonchev–Trinajstić information content (AvgIpc) is 3.22. The minimum absolute atomic E-state index is 0.154. The summed E-state index contributed by atoms with van der Waals surface area (Å²) in [7, 11) is 1.61. The second kappa shape index (κ2) is 6.75. The van der Waals surface area contributed by atoms with Crippen LogP contribution in [0.4, 0.5) is 10.5 Å². The number of guanidine groups is 1. The van der Waals surface area contributed by atoms with Crippen molar-refractivity contribution in [1.82, 2.24) is 9.80 Å². The van der Waals surface area contributed by atoms with Gasteiger partial charge in [-0.1, -0.05) is 43.5 Å². The average molecular weight is 410 g/mol. The lowest BCUT2D eigenvalue weighted by Crippen LogP contribution is -2.63. The molecule has 8 heteroatoms. The number of hydrogen-bond donors (Lipinski definition) is 0. The van der Waals surface area contributed by atoms with Gasteiger partial charge in [0.25, 0.3) is 5.91 Å². The van der Waals surface area contributed by atoms with Crippen LogP contribution in [0.3, 0.4) is 0 Å². The molecule has 0 saturated carbocycles. The minimum atomic E-state index is -0.675. The van der Waals surface area contributed by atoms with Crippen molar-refractivity contribution in [1.29, 1.82) is 0 Å². The van der Waals surface area contributed by atoms with E-state index in [4.69, 9.17) is 4.99 Å². The highest BCUT2D eigenvalue weighted by Gasteiger charge is 2.56. The van der Waals surface area contributed by atoms with Crippen LogP contribution in [0.5, 0.6) is 0 Å². The fraction of sp³-hybridized carbons (Fsp3) is 0.500. The van der Waals surface area contributed by atoms with E-state index in [0.717, 1.165) is 16.2 Å². The predicted molar refractivity (Wildman–Crippen MR) is 114 cm³/mol. The fourth-order valence-electron chi connectivity index (χ4n) is 4.12. The van der Waals surface area contributed by atoms with Crippen LogP contribution in [0, 0.1) is 19.3 Å². The van der Waals surface area contributed by atoms with Gasteiger partial charge in [0.05, 0.1) is 13.1 Å². The van der Waals surface area contributed by atoms with Gasteiger partial charge in [0.2, 0.25) is 11.9 Å². The summed E-state index contributed by atoms with van der Waals surface area (Å²) in [5.74, 6) is 0.568. The molecule has 0 N–H and O–H groups in total. The van der Waals surface area contributed by atoms with Gasteiger partial charge in [0.15, 0.2) is 5.78 Å². The Labute approximate surface area is 176 Å². The number of carbonyl (C=O) groups is 3. The molecule has 1 atom stereocenters. The zero-order valence-corrected chi connectivity index (χ0v) is 18.4. The lowest BCUT2D eigenvalue weighted by Gasteiger charge is -2.34. The molecule has 4 rings (SSSR count). The number of likely N-dealkylation sites (N-methyl/N-ethyl adjacent to an activating group) is 1. The molecule has 1 fully saturated rings. The Balaban J connectivity index is 1.69. The van der Waals surface area contributed by atoms with Crippen LogP contribution in [0.1, 0.15) is 31.9 Å². The molecule has 0 radical (unpaired) electrons. The molecule has 3 aliphatic rings. The first-order valence-corrected chi connectivity index (χ1v) is 10.2. The van der Waals surface area contributed by atoms with Crippen molar-refractivity contribution in [3.05, 3.63) is 29.3 Å². The van der Waals surface area contributed by atoms with Gasteiger partial charge < -0.3 is 0 Å². The lowest BCUT2D eigenvalue weighted by atomic mass is 9.90. The van der Waals surface area contributed by atoms with E-state index < -0.39 is 17.5 Å². The van der Waals surface area contributed by atoms with Gasteiger partial charge in [-0.25, -0.2) is 14.3 Å². The number of fused-ring (bicyclic) bond motifs is 2. The van der Waals surface area contributed by atoms with Gasteiger partial charge in [-0.3, -0.25) is 19.4 Å². The summed E-state index contributed by atoms with van der Waals surface area (Å²) in [4.78, 5) is 47.9. The molecule has 0 spiro atoms. The third-order valence-corrected chi connectivity index (χ3v) is 5.98. The minimum Gasteiger partial charge on any atom is -0.297 e. The summed E-state index contributed by atoms with van der Waals surface area (Å²) in [6, 6.07) is 5.06. The standard InChI is InChI=1S/C22H28N5O3/c1-13-7-8-15(14(2)11-13)25-9-10-26-17-18(23-20(25)26)24(6)21(30)27(19(17)29)12-16(28)22(3,4)5/h7-8,11,17H,9-10,12H2,1-6H3/q+1. The molecule has 0 aromatic heterocycles. The van der Waals surface area contributed by atoms with E-state index in [-0.39, 0.29) is 18.2 Å². The summed E-state index contributed by atoms with van der Waals surface area (Å²) in [6.45, 7) is 10.6. The number of aliphatic imine (C=N–C) groups is 1. The van der Waals surface area contributed by atoms with Crippen molar-refractivity contribution < 1.29 is 19.0 Å². The Kier molecular flexibility index (Phi) is 4.56. The Bertz CT molecular complexity index is 1030. The Morgan fingerprint density at radius 2 is 1.93 bits per heavy atom. The third-order valence-electron chi connectivity index (χ3n) is 5.98. The van der Waals surface area contributed by atoms with Crippen LogP contribution >= 0.6 is 0 Å². The number of amidine groups is 1. The number of hydrogen-bond acceptors (Lipinski definition) is 5. The summed E-state index contributed by atoms with van der Waals surface area (Å²) in [6.07, 6.45) is 0. The van der Waals surface area contributed by atoms with Crippen LogP contribution in [-0.2, 0) is 9.59 Å². The van der Waals surface area contributed by atoms with Gasteiger partial charge >= 0.3 is 12.0 Å². The summed E-state index contributed by atoms with van der Waals surface area (Å²) in [5, 5.41) is 0. The van der Waals surface area contributed by atoms with Crippen molar-refractivity contribution in [3.8, 4) is 0 Å². The molecule has 3 heterocycles. The number of amides is 3. The summed E-state index contributed by atoms with van der Waals surface area (Å²) >= 11 is 0. The summed E-state index contributed by atoms with van der Waals surface area (Å²) < 4.78 is 1.94. The van der Waals surface area contributed by atoms with Crippen LogP contribution in [0.25, 0.3) is 0 Å². The molecule has 3 aliphatic heterocycles. The first kappa shape index (κ1) is 20.3. The van der Waals surface area contributed by atoms with E-state index in [2.05, 4.69) is 36.9 Å². The van der Waals surface area contributed by atoms with E-state index >= 15 is 0 Å². The van der Waals surface area contributed by atoms with Crippen LogP contribution in [0.2, 0.25) is 0 Å². The highest BCUT2D eigenvalue weighted by Crippen LogP contribution is 2.29. The zero-order valence-electron chi connectivity index (χ0n) is 18.4. The Morgan fingerprint density at radius 1 is 1.23 bits per heavy atom. The quantitative estimate of drug-likeness (QED) is 0.712. The smallest absolute Gasteiger partial charge is 0.297 e. The molecule has 0 bridgehead atoms. The van der Waals surface area contributed by atoms with Crippen LogP contribution < -0.4 is 4.90 Å². The molecule has 1 unspecified atom stereocenters. The van der Waals surface area contributed by atoms with Crippen molar-refractivity contribution >= 4 is 35.2 Å². The molecular formula is C22H28N5O3+. The van der Waals surface area contributed by atoms with Crippen molar-refractivity contribution in [3.63, 3.8) is 0 Å².